The van der Waals surface area contributed by atoms with Gasteiger partial charge in [0.05, 0.1) is 21.3 Å². The maximum Gasteiger partial charge on any atom is 0.357 e. The molecule has 0 spiro atoms. The molecule has 2 atom stereocenters. The van der Waals surface area contributed by atoms with Crippen molar-refractivity contribution in [2.75, 3.05) is 26.6 Å². The van der Waals surface area contributed by atoms with Gasteiger partial charge in [-0.1, -0.05) is 25.1 Å². The van der Waals surface area contributed by atoms with Gasteiger partial charge >= 0.3 is 11.7 Å². The van der Waals surface area contributed by atoms with Gasteiger partial charge in [0.1, 0.15) is 23.2 Å². The van der Waals surface area contributed by atoms with Crippen molar-refractivity contribution in [3.63, 3.8) is 0 Å². The molecule has 198 valence electrons. The molecule has 0 aliphatic carbocycles. The number of aromatic amines is 1. The lowest BCUT2D eigenvalue weighted by Gasteiger charge is -2.25. The van der Waals surface area contributed by atoms with Crippen molar-refractivity contribution in [3.05, 3.63) is 75.7 Å². The Morgan fingerprint density at radius 3 is 2.45 bits per heavy atom. The summed E-state index contributed by atoms with van der Waals surface area (Å²) in [6.07, 6.45) is 0. The number of rotatable bonds is 9. The van der Waals surface area contributed by atoms with Gasteiger partial charge < -0.3 is 29.6 Å². The fourth-order valence-electron chi connectivity index (χ4n) is 4.15. The van der Waals surface area contributed by atoms with E-state index >= 15 is 0 Å². The molecule has 11 nitrogen and oxygen atoms in total. The molecule has 4 rings (SSSR count). The van der Waals surface area contributed by atoms with Crippen molar-refractivity contribution in [2.45, 2.75) is 18.9 Å². The maximum absolute atomic E-state index is 13.7. The molecule has 0 aliphatic rings. The second kappa shape index (κ2) is 11.2. The first-order valence-electron chi connectivity index (χ1n) is 11.4. The number of hydrogen-bond acceptors (Lipinski definition) is 9. The van der Waals surface area contributed by atoms with E-state index in [2.05, 4.69) is 20.0 Å². The van der Waals surface area contributed by atoms with Crippen LogP contribution in [0, 0.1) is 0 Å². The highest BCUT2D eigenvalue weighted by Gasteiger charge is 2.35. The number of amides is 1. The minimum Gasteiger partial charge on any atom is -0.497 e. The zero-order valence-electron chi connectivity index (χ0n) is 21.1. The van der Waals surface area contributed by atoms with Gasteiger partial charge in [-0.2, -0.15) is 0 Å². The summed E-state index contributed by atoms with van der Waals surface area (Å²) in [6, 6.07) is 12.6. The Bertz CT molecular complexity index is 1510. The molecule has 0 fully saturated rings. The number of nitrogens with one attached hydrogen (secondary N) is 2. The number of carbonyl (C=O) groups excluding carboxylic acids is 2. The van der Waals surface area contributed by atoms with Crippen molar-refractivity contribution >= 4 is 28.3 Å². The van der Waals surface area contributed by atoms with Gasteiger partial charge in [-0.25, -0.2) is 19.1 Å². The number of benzene rings is 2. The predicted octanol–water partition coefficient (Wildman–Crippen LogP) is 3.79. The second-order valence-corrected chi connectivity index (χ2v) is 9.08. The maximum atomic E-state index is 13.7. The molecule has 12 heteroatoms. The Balaban J connectivity index is 1.79. The van der Waals surface area contributed by atoms with E-state index in [0.717, 1.165) is 15.9 Å². The van der Waals surface area contributed by atoms with Gasteiger partial charge in [-0.05, 0) is 35.9 Å². The Labute approximate surface area is 221 Å². The van der Waals surface area contributed by atoms with Crippen LogP contribution in [-0.4, -0.2) is 52.8 Å². The molecule has 0 radical (unpaired) electrons. The zero-order chi connectivity index (χ0) is 27.4. The summed E-state index contributed by atoms with van der Waals surface area (Å²) in [5, 5.41) is 15.5. The lowest BCUT2D eigenvalue weighted by molar-refractivity contribution is -0.120. The van der Waals surface area contributed by atoms with E-state index in [1.165, 1.54) is 26.7 Å². The molecule has 38 heavy (non-hydrogen) atoms. The molecule has 3 N–H and O–H groups in total. The van der Waals surface area contributed by atoms with Crippen molar-refractivity contribution in [3.8, 4) is 28.6 Å². The average Bonchev–Trinajstić information content (AvgIpc) is 3.52. The summed E-state index contributed by atoms with van der Waals surface area (Å²) in [7, 11) is 4.27. The first kappa shape index (κ1) is 26.5. The number of ether oxygens (including phenoxy) is 3. The molecule has 0 unspecified atom stereocenters. The predicted molar refractivity (Wildman–Crippen MR) is 141 cm³/mol. The highest BCUT2D eigenvalue weighted by atomic mass is 32.1. The highest BCUT2D eigenvalue weighted by molar-refractivity contribution is 7.14. The molecule has 1 amide bonds. The Hall–Kier alpha value is -4.58. The molecule has 2 heterocycles. The van der Waals surface area contributed by atoms with Crippen molar-refractivity contribution in [1.29, 1.82) is 0 Å². The van der Waals surface area contributed by atoms with E-state index in [1.54, 1.807) is 55.5 Å². The minimum atomic E-state index is -1.23. The molecular formula is C26H26N4O7S. The lowest BCUT2D eigenvalue weighted by atomic mass is 9.91. The number of anilines is 1. The summed E-state index contributed by atoms with van der Waals surface area (Å²) >= 11 is 1.03. The number of nitrogens with zero attached hydrogens (tertiary/aromatic N) is 2. The van der Waals surface area contributed by atoms with Crippen molar-refractivity contribution < 1.29 is 28.9 Å². The third-order valence-corrected chi connectivity index (χ3v) is 6.82. The third-order valence-electron chi connectivity index (χ3n) is 6.06. The SMILES string of the molecule is COC(=O)c1csc(NC(=O)[C@H]([C@@H](C)c2ccccc2OC)n2c(O)c(-c3ccc(OC)cc3)[nH]c2=O)n1. The van der Waals surface area contributed by atoms with E-state index in [9.17, 15) is 19.5 Å². The number of para-hydroxylation sites is 1. The van der Waals surface area contributed by atoms with Crippen LogP contribution in [0.15, 0.2) is 58.7 Å². The molecule has 0 saturated heterocycles. The van der Waals surface area contributed by atoms with Gasteiger partial charge in [0.15, 0.2) is 10.8 Å². The fourth-order valence-corrected chi connectivity index (χ4v) is 4.83. The van der Waals surface area contributed by atoms with Crippen LogP contribution in [0.5, 0.6) is 17.4 Å². The Kier molecular flexibility index (Phi) is 7.82. The van der Waals surface area contributed by atoms with Crippen molar-refractivity contribution in [1.82, 2.24) is 14.5 Å². The monoisotopic (exact) mass is 538 g/mol. The van der Waals surface area contributed by atoms with Crippen LogP contribution >= 0.6 is 11.3 Å². The van der Waals surface area contributed by atoms with Gasteiger partial charge in [0.2, 0.25) is 11.8 Å². The van der Waals surface area contributed by atoms with Gasteiger partial charge in [-0.15, -0.1) is 11.3 Å². The number of aromatic nitrogens is 3. The molecular weight excluding hydrogens is 512 g/mol. The summed E-state index contributed by atoms with van der Waals surface area (Å²) in [6.45, 7) is 1.75. The zero-order valence-corrected chi connectivity index (χ0v) is 21.9. The number of imidazole rings is 1. The van der Waals surface area contributed by atoms with E-state index in [4.69, 9.17) is 9.47 Å². The lowest BCUT2D eigenvalue weighted by Crippen LogP contribution is -2.35. The van der Waals surface area contributed by atoms with E-state index in [-0.39, 0.29) is 16.5 Å². The van der Waals surface area contributed by atoms with Crippen LogP contribution in [-0.2, 0) is 9.53 Å². The number of thiazole rings is 1. The number of H-pyrrole nitrogens is 1. The smallest absolute Gasteiger partial charge is 0.357 e. The van der Waals surface area contributed by atoms with Crippen LogP contribution in [0.2, 0.25) is 0 Å². The minimum absolute atomic E-state index is 0.0329. The average molecular weight is 539 g/mol. The van der Waals surface area contributed by atoms with Gasteiger partial charge in [0.25, 0.3) is 0 Å². The molecule has 2 aromatic heterocycles. The number of esters is 1. The number of aromatic hydroxyl groups is 1. The molecule has 0 bridgehead atoms. The molecule has 2 aromatic carbocycles. The van der Waals surface area contributed by atoms with Gasteiger partial charge in [0, 0.05) is 16.9 Å². The first-order valence-corrected chi connectivity index (χ1v) is 12.3. The Morgan fingerprint density at radius 1 is 1.08 bits per heavy atom. The molecule has 0 aliphatic heterocycles. The van der Waals surface area contributed by atoms with Gasteiger partial charge in [-0.3, -0.25) is 4.79 Å². The Morgan fingerprint density at radius 2 is 1.79 bits per heavy atom. The van der Waals surface area contributed by atoms with Crippen molar-refractivity contribution in [2.24, 2.45) is 0 Å². The van der Waals surface area contributed by atoms with E-state index in [0.29, 0.717) is 22.6 Å². The number of hydrogen-bond donors (Lipinski definition) is 3. The van der Waals surface area contributed by atoms with Crippen LogP contribution in [0.3, 0.4) is 0 Å². The number of methoxy groups -OCH3 is 3. The topological polar surface area (TPSA) is 145 Å². The molecule has 4 aromatic rings. The second-order valence-electron chi connectivity index (χ2n) is 8.22. The largest absolute Gasteiger partial charge is 0.497 e. The van der Waals surface area contributed by atoms with Crippen LogP contribution < -0.4 is 20.5 Å². The van der Waals surface area contributed by atoms with Crippen LogP contribution in [0.1, 0.15) is 34.9 Å². The van der Waals surface area contributed by atoms with E-state index < -0.39 is 35.4 Å². The van der Waals surface area contributed by atoms with Crippen LogP contribution in [0.4, 0.5) is 5.13 Å². The normalized spacial score (nSPS) is 12.4. The van der Waals surface area contributed by atoms with Crippen LogP contribution in [0.25, 0.3) is 11.3 Å². The number of carbonyl (C=O) groups is 2. The quantitative estimate of drug-likeness (QED) is 0.273. The summed E-state index contributed by atoms with van der Waals surface area (Å²) in [5.74, 6) is -1.23. The highest BCUT2D eigenvalue weighted by Crippen LogP contribution is 2.38. The summed E-state index contributed by atoms with van der Waals surface area (Å²) < 4.78 is 16.3. The standard InChI is InChI=1S/C26H26N4O7S/c1-14(17-7-5-6-8-19(17)36-3)21(22(31)29-25-27-18(13-38-25)24(33)37-4)30-23(32)20(28-26(30)34)15-9-11-16(35-2)12-10-15/h5-14,21,32H,1-4H3,(H,28,34)(H,27,29,31)/t14-,21-/m0/s1. The fraction of sp³-hybridized carbons (Fsp3) is 0.231. The molecule has 0 saturated carbocycles. The van der Waals surface area contributed by atoms with E-state index in [1.807, 2.05) is 0 Å². The third kappa shape index (κ3) is 5.11. The first-order chi connectivity index (χ1) is 18.3. The summed E-state index contributed by atoms with van der Waals surface area (Å²) in [5.41, 5.74) is 0.647. The summed E-state index contributed by atoms with van der Waals surface area (Å²) in [4.78, 5) is 45.5.